The van der Waals surface area contributed by atoms with Crippen LogP contribution in [0.4, 0.5) is 0 Å². The molecule has 6 heteroatoms. The summed E-state index contributed by atoms with van der Waals surface area (Å²) in [6.45, 7) is 7.85. The summed E-state index contributed by atoms with van der Waals surface area (Å²) in [4.78, 5) is 9.87. The fourth-order valence-electron chi connectivity index (χ4n) is 0.526. The number of rotatable bonds is 4. The van der Waals surface area contributed by atoms with Crippen molar-refractivity contribution in [3.63, 3.8) is 0 Å². The van der Waals surface area contributed by atoms with Crippen molar-refractivity contribution in [2.24, 2.45) is 0 Å². The first-order valence-corrected chi connectivity index (χ1v) is 6.06. The van der Waals surface area contributed by atoms with Crippen LogP contribution in [-0.2, 0) is 4.79 Å². The quantitative estimate of drug-likeness (QED) is 0.495. The number of hydrogen-bond acceptors (Lipinski definition) is 5. The Morgan fingerprint density at radius 2 is 1.11 bits per heavy atom. The van der Waals surface area contributed by atoms with Crippen molar-refractivity contribution in [3.8, 4) is 0 Å². The van der Waals surface area contributed by atoms with E-state index in [0.29, 0.717) is 6.42 Å². The van der Waals surface area contributed by atoms with Gasteiger partial charge in [-0.2, -0.15) is 0 Å². The second-order valence-electron chi connectivity index (χ2n) is 2.80. The molecule has 0 aromatic carbocycles. The van der Waals surface area contributed by atoms with Crippen molar-refractivity contribution in [2.45, 2.75) is 53.4 Å². The highest BCUT2D eigenvalue weighted by atomic mass is 16.4. The zero-order valence-corrected chi connectivity index (χ0v) is 12.4. The maximum atomic E-state index is 9.87. The molecule has 0 rings (SSSR count). The van der Waals surface area contributed by atoms with Gasteiger partial charge < -0.3 is 26.6 Å². The normalized spacial score (nSPS) is 7.06. The van der Waals surface area contributed by atoms with Crippen molar-refractivity contribution < 1.29 is 25.2 Å². The van der Waals surface area contributed by atoms with E-state index in [2.05, 4.69) is 6.92 Å². The molecule has 0 amide bonds. The molecule has 0 saturated carbocycles. The minimum Gasteiger partial charge on any atom is -0.481 e. The van der Waals surface area contributed by atoms with Crippen LogP contribution >= 0.6 is 0 Å². The van der Waals surface area contributed by atoms with E-state index in [-0.39, 0.29) is 26.0 Å². The Labute approximate surface area is 111 Å². The van der Waals surface area contributed by atoms with E-state index in [0.717, 1.165) is 19.3 Å². The first-order valence-electron chi connectivity index (χ1n) is 6.06. The fraction of sp³-hybridized carbons (Fsp3) is 0.917. The number of unbranched alkanes of at least 4 members (excludes halogenated alkanes) is 2. The molecule has 0 aliphatic carbocycles. The minimum absolute atomic E-state index is 0. The lowest BCUT2D eigenvalue weighted by Gasteiger charge is -1.89. The summed E-state index contributed by atoms with van der Waals surface area (Å²) in [5, 5.41) is 30.8. The molecule has 0 spiro atoms. The van der Waals surface area contributed by atoms with Gasteiger partial charge in [-0.25, -0.2) is 0 Å². The van der Waals surface area contributed by atoms with E-state index in [1.165, 1.54) is 0 Å². The molecule has 0 atom stereocenters. The van der Waals surface area contributed by atoms with Gasteiger partial charge in [-0.05, 0) is 27.2 Å². The maximum absolute atomic E-state index is 9.87. The van der Waals surface area contributed by atoms with Crippen molar-refractivity contribution in [1.82, 2.24) is 6.15 Å². The molecule has 0 bridgehead atoms. The van der Waals surface area contributed by atoms with Crippen LogP contribution in [0, 0.1) is 0 Å². The third kappa shape index (κ3) is 169. The van der Waals surface area contributed by atoms with Crippen LogP contribution in [0.1, 0.15) is 53.4 Å². The average molecular weight is 271 g/mol. The lowest BCUT2D eigenvalue weighted by molar-refractivity contribution is -0.137. The van der Waals surface area contributed by atoms with Gasteiger partial charge in [0.25, 0.3) is 0 Å². The predicted molar refractivity (Wildman–Crippen MR) is 75.1 cm³/mol. The Morgan fingerprint density at radius 3 is 1.28 bits per heavy atom. The average Bonchev–Trinajstić information content (AvgIpc) is 2.21. The number of carboxylic acid groups (broad SMARTS) is 1. The van der Waals surface area contributed by atoms with Crippen molar-refractivity contribution in [3.05, 3.63) is 0 Å². The Bertz CT molecular complexity index is 108. The summed E-state index contributed by atoms with van der Waals surface area (Å²) in [5.41, 5.74) is 0. The minimum atomic E-state index is -0.682. The van der Waals surface area contributed by atoms with E-state index in [1.807, 2.05) is 0 Å². The molecule has 0 aromatic rings. The number of aliphatic hydroxyl groups is 3. The summed E-state index contributed by atoms with van der Waals surface area (Å²) < 4.78 is 0. The Hall–Kier alpha value is -0.690. The van der Waals surface area contributed by atoms with Crippen LogP contribution in [0.2, 0.25) is 0 Å². The van der Waals surface area contributed by atoms with Gasteiger partial charge in [-0.1, -0.05) is 19.8 Å². The van der Waals surface area contributed by atoms with Gasteiger partial charge in [0, 0.05) is 26.2 Å². The summed E-state index contributed by atoms with van der Waals surface area (Å²) in [7, 11) is 0. The summed E-state index contributed by atoms with van der Waals surface area (Å²) >= 11 is 0. The van der Waals surface area contributed by atoms with E-state index in [4.69, 9.17) is 20.4 Å². The molecule has 7 N–H and O–H groups in total. The van der Waals surface area contributed by atoms with E-state index in [1.54, 1.807) is 20.8 Å². The molecule has 0 unspecified atom stereocenters. The van der Waals surface area contributed by atoms with Crippen LogP contribution in [0.25, 0.3) is 0 Å². The highest BCUT2D eigenvalue weighted by Gasteiger charge is 1.92. The molecule has 0 heterocycles. The molecular weight excluding hydrogens is 238 g/mol. The monoisotopic (exact) mass is 271 g/mol. The highest BCUT2D eigenvalue weighted by molar-refractivity contribution is 5.66. The number of aliphatic hydroxyl groups excluding tert-OH is 3. The van der Waals surface area contributed by atoms with Crippen molar-refractivity contribution >= 4 is 5.97 Å². The van der Waals surface area contributed by atoms with Crippen LogP contribution in [0.3, 0.4) is 0 Å². The molecule has 18 heavy (non-hydrogen) atoms. The van der Waals surface area contributed by atoms with Gasteiger partial charge >= 0.3 is 5.97 Å². The molecule has 0 aliphatic heterocycles. The van der Waals surface area contributed by atoms with Gasteiger partial charge in [0.2, 0.25) is 0 Å². The molecule has 0 radical (unpaired) electrons. The van der Waals surface area contributed by atoms with Gasteiger partial charge in [0.15, 0.2) is 0 Å². The van der Waals surface area contributed by atoms with Crippen LogP contribution in [0.5, 0.6) is 0 Å². The number of hydrogen-bond donors (Lipinski definition) is 5. The fourth-order valence-corrected chi connectivity index (χ4v) is 0.526. The number of aliphatic carboxylic acids is 1. The molecule has 116 valence electrons. The lowest BCUT2D eigenvalue weighted by atomic mass is 10.2. The van der Waals surface area contributed by atoms with Crippen molar-refractivity contribution in [1.29, 1.82) is 0 Å². The second kappa shape index (κ2) is 44.1. The third-order valence-electron chi connectivity index (χ3n) is 0.994. The summed E-state index contributed by atoms with van der Waals surface area (Å²) in [6, 6.07) is 0. The molecular formula is C12H33NO5. The Balaban J connectivity index is -0.0000000477. The second-order valence-corrected chi connectivity index (χ2v) is 2.80. The standard InChI is InChI=1S/C6H12O2.3C2H6O.H3N/c1-2-3-4-5-6(7)8;3*1-2-3;/h2-5H2,1H3,(H,7,8);3*3H,2H2,1H3;1H3. The Morgan fingerprint density at radius 1 is 0.833 bits per heavy atom. The molecule has 0 saturated heterocycles. The van der Waals surface area contributed by atoms with Gasteiger partial charge in [0.1, 0.15) is 0 Å². The van der Waals surface area contributed by atoms with E-state index >= 15 is 0 Å². The van der Waals surface area contributed by atoms with Crippen LogP contribution in [0.15, 0.2) is 0 Å². The third-order valence-corrected chi connectivity index (χ3v) is 0.994. The maximum Gasteiger partial charge on any atom is 0.303 e. The highest BCUT2D eigenvalue weighted by Crippen LogP contribution is 1.97. The number of carbonyl (C=O) groups is 1. The van der Waals surface area contributed by atoms with Crippen LogP contribution in [-0.4, -0.2) is 46.2 Å². The smallest absolute Gasteiger partial charge is 0.303 e. The van der Waals surface area contributed by atoms with Gasteiger partial charge in [0.05, 0.1) is 0 Å². The van der Waals surface area contributed by atoms with Crippen molar-refractivity contribution in [2.75, 3.05) is 19.8 Å². The van der Waals surface area contributed by atoms with Gasteiger partial charge in [-0.15, -0.1) is 0 Å². The SMILES string of the molecule is CCCCCC(=O)O.CCO.CCO.CCO.N. The Kier molecular flexibility index (Phi) is 74.5. The van der Waals surface area contributed by atoms with E-state index < -0.39 is 5.97 Å². The topological polar surface area (TPSA) is 133 Å². The molecule has 0 aromatic heterocycles. The predicted octanol–water partition coefficient (Wildman–Crippen LogP) is 1.81. The van der Waals surface area contributed by atoms with E-state index in [9.17, 15) is 4.79 Å². The molecule has 6 nitrogen and oxygen atoms in total. The first kappa shape index (κ1) is 30.4. The zero-order valence-electron chi connectivity index (χ0n) is 12.4. The molecule has 0 aliphatic rings. The number of carboxylic acids is 1. The largest absolute Gasteiger partial charge is 0.481 e. The summed E-state index contributed by atoms with van der Waals surface area (Å²) in [5.74, 6) is -0.682. The summed E-state index contributed by atoms with van der Waals surface area (Å²) in [6.07, 6.45) is 3.28. The van der Waals surface area contributed by atoms with Crippen LogP contribution < -0.4 is 6.15 Å². The lowest BCUT2D eigenvalue weighted by Crippen LogP contribution is -1.92. The first-order chi connectivity index (χ1) is 8.01. The van der Waals surface area contributed by atoms with Gasteiger partial charge in [-0.3, -0.25) is 4.79 Å². The zero-order chi connectivity index (χ0) is 14.5. The molecule has 0 fully saturated rings.